The Balaban J connectivity index is 0.00000361. The molecule has 6 heteroatoms. The number of amides is 1. The number of carbonyl (C=O) groups is 2. The molecular formula is C14H27ClN2O3. The second-order valence-corrected chi connectivity index (χ2v) is 5.53. The molecule has 2 atom stereocenters. The Hall–Kier alpha value is -0.810. The van der Waals surface area contributed by atoms with E-state index in [0.29, 0.717) is 6.54 Å². The maximum atomic E-state index is 12.4. The van der Waals surface area contributed by atoms with Gasteiger partial charge in [0.05, 0.1) is 13.1 Å². The number of aliphatic carboxylic acids is 1. The summed E-state index contributed by atoms with van der Waals surface area (Å²) in [6.07, 6.45) is 4.11. The van der Waals surface area contributed by atoms with Gasteiger partial charge >= 0.3 is 5.97 Å². The third-order valence-corrected chi connectivity index (χ3v) is 3.74. The van der Waals surface area contributed by atoms with E-state index in [1.165, 1.54) is 6.42 Å². The van der Waals surface area contributed by atoms with Gasteiger partial charge in [-0.15, -0.1) is 12.4 Å². The maximum Gasteiger partial charge on any atom is 0.317 e. The zero-order valence-electron chi connectivity index (χ0n) is 12.7. The summed E-state index contributed by atoms with van der Waals surface area (Å²) in [4.78, 5) is 26.8. The number of halogens is 1. The number of nitrogens with zero attached hydrogens (tertiary/aromatic N) is 2. The van der Waals surface area contributed by atoms with Crippen LogP contribution in [0.4, 0.5) is 0 Å². The van der Waals surface area contributed by atoms with Crippen molar-refractivity contribution in [3.8, 4) is 0 Å². The van der Waals surface area contributed by atoms with Gasteiger partial charge < -0.3 is 10.0 Å². The Morgan fingerprint density at radius 1 is 1.20 bits per heavy atom. The number of hydrogen-bond acceptors (Lipinski definition) is 3. The number of rotatable bonds is 6. The first-order valence-corrected chi connectivity index (χ1v) is 7.21. The van der Waals surface area contributed by atoms with Gasteiger partial charge in [0.25, 0.3) is 0 Å². The minimum atomic E-state index is -0.874. The van der Waals surface area contributed by atoms with Crippen LogP contribution in [-0.2, 0) is 9.59 Å². The van der Waals surface area contributed by atoms with Gasteiger partial charge in [0, 0.05) is 12.1 Å². The fourth-order valence-electron chi connectivity index (χ4n) is 2.91. The Morgan fingerprint density at radius 3 is 2.20 bits per heavy atom. The Morgan fingerprint density at radius 2 is 1.75 bits per heavy atom. The first kappa shape index (κ1) is 19.2. The minimum absolute atomic E-state index is 0. The van der Waals surface area contributed by atoms with Gasteiger partial charge in [-0.05, 0) is 46.1 Å². The monoisotopic (exact) mass is 306 g/mol. The molecule has 1 amide bonds. The maximum absolute atomic E-state index is 12.4. The van der Waals surface area contributed by atoms with E-state index >= 15 is 0 Å². The predicted octanol–water partition coefficient (Wildman–Crippen LogP) is 1.99. The van der Waals surface area contributed by atoms with E-state index in [-0.39, 0.29) is 43.5 Å². The van der Waals surface area contributed by atoms with E-state index in [0.717, 1.165) is 19.3 Å². The van der Waals surface area contributed by atoms with Crippen LogP contribution < -0.4 is 0 Å². The molecule has 2 unspecified atom stereocenters. The van der Waals surface area contributed by atoms with Crippen molar-refractivity contribution in [2.45, 2.75) is 58.5 Å². The Kier molecular flexibility index (Phi) is 8.81. The number of carbonyl (C=O) groups excluding carboxylic acids is 1. The van der Waals surface area contributed by atoms with E-state index < -0.39 is 5.97 Å². The van der Waals surface area contributed by atoms with Crippen LogP contribution in [-0.4, -0.2) is 58.5 Å². The molecule has 0 aliphatic carbocycles. The van der Waals surface area contributed by atoms with Crippen LogP contribution in [0.1, 0.15) is 46.5 Å². The summed E-state index contributed by atoms with van der Waals surface area (Å²) in [6, 6.07) is 0.536. The summed E-state index contributed by atoms with van der Waals surface area (Å²) in [7, 11) is 0. The summed E-state index contributed by atoms with van der Waals surface area (Å²) in [5.41, 5.74) is 0. The lowest BCUT2D eigenvalue weighted by atomic mass is 9.97. The molecule has 118 valence electrons. The average molecular weight is 307 g/mol. The second kappa shape index (κ2) is 9.19. The molecule has 1 fully saturated rings. The van der Waals surface area contributed by atoms with Crippen LogP contribution in [0.5, 0.6) is 0 Å². The van der Waals surface area contributed by atoms with Crippen LogP contribution in [0.2, 0.25) is 0 Å². The first-order valence-electron chi connectivity index (χ1n) is 7.21. The molecular weight excluding hydrogens is 280 g/mol. The van der Waals surface area contributed by atoms with E-state index in [1.54, 1.807) is 4.90 Å². The highest BCUT2D eigenvalue weighted by atomic mass is 35.5. The largest absolute Gasteiger partial charge is 0.480 e. The number of likely N-dealkylation sites (tertiary alicyclic amines) is 1. The molecule has 0 aromatic carbocycles. The first-order chi connectivity index (χ1) is 8.95. The summed E-state index contributed by atoms with van der Waals surface area (Å²) < 4.78 is 0. The van der Waals surface area contributed by atoms with Crippen molar-refractivity contribution in [3.63, 3.8) is 0 Å². The number of piperidine rings is 1. The molecule has 1 saturated heterocycles. The van der Waals surface area contributed by atoms with E-state index in [2.05, 4.69) is 13.8 Å². The number of carboxylic acids is 1. The van der Waals surface area contributed by atoms with Gasteiger partial charge in [-0.2, -0.15) is 0 Å². The fourth-order valence-corrected chi connectivity index (χ4v) is 2.91. The minimum Gasteiger partial charge on any atom is -0.480 e. The highest BCUT2D eigenvalue weighted by Gasteiger charge is 2.29. The van der Waals surface area contributed by atoms with Gasteiger partial charge in [0.15, 0.2) is 0 Å². The summed E-state index contributed by atoms with van der Waals surface area (Å²) in [5.74, 6) is -0.810. The van der Waals surface area contributed by atoms with Gasteiger partial charge in [-0.3, -0.25) is 14.5 Å². The molecule has 1 rings (SSSR count). The zero-order valence-corrected chi connectivity index (χ0v) is 13.5. The summed E-state index contributed by atoms with van der Waals surface area (Å²) >= 11 is 0. The van der Waals surface area contributed by atoms with E-state index in [9.17, 15) is 9.59 Å². The van der Waals surface area contributed by atoms with Crippen molar-refractivity contribution in [2.75, 3.05) is 19.6 Å². The molecule has 0 spiro atoms. The molecule has 0 aromatic heterocycles. The third kappa shape index (κ3) is 5.67. The molecule has 20 heavy (non-hydrogen) atoms. The molecule has 1 heterocycles. The van der Waals surface area contributed by atoms with Crippen molar-refractivity contribution < 1.29 is 14.7 Å². The Labute approximate surface area is 127 Å². The van der Waals surface area contributed by atoms with Crippen LogP contribution in [0.3, 0.4) is 0 Å². The third-order valence-electron chi connectivity index (χ3n) is 3.74. The highest BCUT2D eigenvalue weighted by Crippen LogP contribution is 2.22. The van der Waals surface area contributed by atoms with Gasteiger partial charge in [-0.25, -0.2) is 0 Å². The molecule has 1 aliphatic rings. The molecule has 0 aromatic rings. The lowest BCUT2D eigenvalue weighted by molar-refractivity contribution is -0.141. The molecule has 0 bridgehead atoms. The lowest BCUT2D eigenvalue weighted by Crippen LogP contribution is -2.51. The normalized spacial score (nSPS) is 22.5. The highest BCUT2D eigenvalue weighted by molar-refractivity contribution is 5.85. The fraction of sp³-hybridized carbons (Fsp3) is 0.857. The molecule has 5 nitrogen and oxygen atoms in total. The smallest absolute Gasteiger partial charge is 0.317 e. The lowest BCUT2D eigenvalue weighted by Gasteiger charge is -2.40. The quantitative estimate of drug-likeness (QED) is 0.815. The molecule has 0 saturated carbocycles. The van der Waals surface area contributed by atoms with Crippen molar-refractivity contribution in [2.24, 2.45) is 0 Å². The number of hydrogen-bond donors (Lipinski definition) is 1. The SMILES string of the molecule is CCCN(CC(=O)O)CC(=O)N1C(C)CCCC1C.Cl. The second-order valence-electron chi connectivity index (χ2n) is 5.53. The van der Waals surface area contributed by atoms with Crippen LogP contribution in [0.15, 0.2) is 0 Å². The van der Waals surface area contributed by atoms with Crippen molar-refractivity contribution >= 4 is 24.3 Å². The molecule has 0 radical (unpaired) electrons. The van der Waals surface area contributed by atoms with Crippen molar-refractivity contribution in [1.82, 2.24) is 9.80 Å². The van der Waals surface area contributed by atoms with Crippen LogP contribution >= 0.6 is 12.4 Å². The Bertz CT molecular complexity index is 316. The van der Waals surface area contributed by atoms with Gasteiger partial charge in [0.1, 0.15) is 0 Å². The summed E-state index contributed by atoms with van der Waals surface area (Å²) in [5, 5.41) is 8.87. The number of carboxylic acid groups (broad SMARTS) is 1. The predicted molar refractivity (Wildman–Crippen MR) is 81.2 cm³/mol. The standard InChI is InChI=1S/C14H26N2O3.ClH/c1-4-8-15(10-14(18)19)9-13(17)16-11(2)6-5-7-12(16)3;/h11-12H,4-10H2,1-3H3,(H,18,19);1H. The average Bonchev–Trinajstić information content (AvgIpc) is 2.27. The summed E-state index contributed by atoms with van der Waals surface area (Å²) in [6.45, 7) is 6.95. The van der Waals surface area contributed by atoms with Gasteiger partial charge in [0.2, 0.25) is 5.91 Å². The van der Waals surface area contributed by atoms with Crippen LogP contribution in [0.25, 0.3) is 0 Å². The van der Waals surface area contributed by atoms with Crippen molar-refractivity contribution in [3.05, 3.63) is 0 Å². The molecule has 1 aliphatic heterocycles. The zero-order chi connectivity index (χ0) is 14.4. The van der Waals surface area contributed by atoms with E-state index in [1.807, 2.05) is 11.8 Å². The van der Waals surface area contributed by atoms with Gasteiger partial charge in [-0.1, -0.05) is 6.92 Å². The van der Waals surface area contributed by atoms with Crippen molar-refractivity contribution in [1.29, 1.82) is 0 Å². The van der Waals surface area contributed by atoms with E-state index in [4.69, 9.17) is 5.11 Å². The molecule has 1 N–H and O–H groups in total. The van der Waals surface area contributed by atoms with Crippen LogP contribution in [0, 0.1) is 0 Å². The topological polar surface area (TPSA) is 60.9 Å².